The summed E-state index contributed by atoms with van der Waals surface area (Å²) in [4.78, 5) is 15.0. The predicted molar refractivity (Wildman–Crippen MR) is 259 cm³/mol. The molecule has 4 aliphatic carbocycles. The van der Waals surface area contributed by atoms with E-state index in [-0.39, 0.29) is 10.8 Å². The van der Waals surface area contributed by atoms with Crippen molar-refractivity contribution in [2.75, 3.05) is 0 Å². The van der Waals surface area contributed by atoms with Crippen LogP contribution >= 0.6 is 0 Å². The fourth-order valence-electron chi connectivity index (χ4n) is 11.6. The zero-order valence-corrected chi connectivity index (χ0v) is 35.9. The molecule has 0 saturated heterocycles. The molecule has 8 aromatic rings. The maximum Gasteiger partial charge on any atom is 0.164 e. The molecule has 63 heavy (non-hydrogen) atoms. The van der Waals surface area contributed by atoms with Crippen molar-refractivity contribution in [2.45, 2.75) is 62.7 Å². The van der Waals surface area contributed by atoms with Gasteiger partial charge < -0.3 is 0 Å². The van der Waals surface area contributed by atoms with Gasteiger partial charge in [-0.2, -0.15) is 0 Å². The van der Waals surface area contributed by atoms with Crippen molar-refractivity contribution >= 4 is 5.57 Å². The van der Waals surface area contributed by atoms with Crippen molar-refractivity contribution in [3.63, 3.8) is 0 Å². The first kappa shape index (κ1) is 37.8. The van der Waals surface area contributed by atoms with Crippen LogP contribution in [0.15, 0.2) is 194 Å². The van der Waals surface area contributed by atoms with E-state index in [1.54, 1.807) is 11.1 Å². The molecule has 0 aliphatic heterocycles. The maximum absolute atomic E-state index is 5.05. The largest absolute Gasteiger partial charge is 0.208 e. The third-order valence-electron chi connectivity index (χ3n) is 14.9. The summed E-state index contributed by atoms with van der Waals surface area (Å²) in [7, 11) is 0. The summed E-state index contributed by atoms with van der Waals surface area (Å²) in [6.45, 7) is 4.92. The quantitative estimate of drug-likeness (QED) is 0.168. The molecule has 0 amide bonds. The van der Waals surface area contributed by atoms with Gasteiger partial charge in [-0.05, 0) is 103 Å². The van der Waals surface area contributed by atoms with Crippen LogP contribution in [0.3, 0.4) is 0 Å². The summed E-state index contributed by atoms with van der Waals surface area (Å²) in [6.07, 6.45) is 11.8. The molecule has 0 bridgehead atoms. The van der Waals surface area contributed by atoms with E-state index in [0.29, 0.717) is 29.3 Å². The minimum atomic E-state index is 0.0937. The number of benzene rings is 7. The SMILES string of the molecule is CC1(C)c2ccccc2C2C=C3C(=CC21)c1ccc(-c2cccc(-c4ccc(-c5nc(-c6ccccc6)nc(-c6ccc(-c7ccccc7)cc6)n5)cc4)c2)cc1C31CCCCC1. The lowest BCUT2D eigenvalue weighted by Crippen LogP contribution is -2.31. The summed E-state index contributed by atoms with van der Waals surface area (Å²) >= 11 is 0. The molecular formula is C60H49N3. The summed E-state index contributed by atoms with van der Waals surface area (Å²) in [6, 6.07) is 63.5. The van der Waals surface area contributed by atoms with Crippen LogP contribution in [0.1, 0.15) is 74.1 Å². The molecule has 3 nitrogen and oxygen atoms in total. The monoisotopic (exact) mass is 811 g/mol. The fourth-order valence-corrected chi connectivity index (χ4v) is 11.6. The second-order valence-electron chi connectivity index (χ2n) is 18.7. The lowest BCUT2D eigenvalue weighted by Gasteiger charge is -2.39. The molecule has 7 aromatic carbocycles. The molecule has 3 heteroatoms. The van der Waals surface area contributed by atoms with Gasteiger partial charge in [0, 0.05) is 28.0 Å². The highest BCUT2D eigenvalue weighted by Gasteiger charge is 2.52. The first-order valence-electron chi connectivity index (χ1n) is 22.8. The van der Waals surface area contributed by atoms with Gasteiger partial charge in [-0.1, -0.05) is 209 Å². The molecule has 1 heterocycles. The van der Waals surface area contributed by atoms with E-state index in [0.717, 1.165) is 27.8 Å². The van der Waals surface area contributed by atoms with Crippen LogP contribution < -0.4 is 0 Å². The Morgan fingerprint density at radius 1 is 0.413 bits per heavy atom. The average Bonchev–Trinajstić information content (AvgIpc) is 3.74. The van der Waals surface area contributed by atoms with Gasteiger partial charge in [0.25, 0.3) is 0 Å². The van der Waals surface area contributed by atoms with Gasteiger partial charge in [0.05, 0.1) is 0 Å². The van der Waals surface area contributed by atoms with Crippen molar-refractivity contribution < 1.29 is 0 Å². The third-order valence-corrected chi connectivity index (χ3v) is 14.9. The van der Waals surface area contributed by atoms with Crippen molar-refractivity contribution in [2.24, 2.45) is 5.92 Å². The van der Waals surface area contributed by atoms with Crippen molar-refractivity contribution in [1.29, 1.82) is 0 Å². The number of aromatic nitrogens is 3. The van der Waals surface area contributed by atoms with E-state index in [2.05, 4.69) is 178 Å². The van der Waals surface area contributed by atoms with Crippen molar-refractivity contribution in [1.82, 2.24) is 15.0 Å². The molecule has 1 fully saturated rings. The van der Waals surface area contributed by atoms with Crippen LogP contribution in [-0.2, 0) is 10.8 Å². The van der Waals surface area contributed by atoms with Crippen LogP contribution in [0, 0.1) is 5.92 Å². The highest BCUT2D eigenvalue weighted by Crippen LogP contribution is 2.63. The lowest BCUT2D eigenvalue weighted by atomic mass is 9.64. The summed E-state index contributed by atoms with van der Waals surface area (Å²) < 4.78 is 0. The normalized spacial score (nSPS) is 18.8. The molecule has 2 atom stereocenters. The molecule has 1 saturated carbocycles. The Hall–Kier alpha value is -6.97. The van der Waals surface area contributed by atoms with Gasteiger partial charge in [0.15, 0.2) is 17.5 Å². The Morgan fingerprint density at radius 2 is 0.889 bits per heavy atom. The average molecular weight is 812 g/mol. The predicted octanol–water partition coefficient (Wildman–Crippen LogP) is 15.1. The minimum Gasteiger partial charge on any atom is -0.208 e. The summed E-state index contributed by atoms with van der Waals surface area (Å²) in [5, 5.41) is 0. The first-order valence-corrected chi connectivity index (χ1v) is 22.8. The zero-order chi connectivity index (χ0) is 42.1. The number of hydrogen-bond acceptors (Lipinski definition) is 3. The molecule has 4 aliphatic rings. The van der Waals surface area contributed by atoms with E-state index >= 15 is 0 Å². The van der Waals surface area contributed by atoms with E-state index in [1.165, 1.54) is 76.6 Å². The van der Waals surface area contributed by atoms with E-state index < -0.39 is 0 Å². The van der Waals surface area contributed by atoms with Gasteiger partial charge in [-0.15, -0.1) is 0 Å². The third kappa shape index (κ3) is 6.28. The fraction of sp³-hybridized carbons (Fsp3) is 0.183. The molecule has 1 aromatic heterocycles. The van der Waals surface area contributed by atoms with E-state index in [9.17, 15) is 0 Å². The molecular weight excluding hydrogens is 763 g/mol. The standard InChI is InChI=1S/C60H49N3/c1-59(2)52-22-11-10-21-48(52)50-38-55-51(37-53(50)59)49-32-31-47(36-54(49)60(55)33-12-5-13-34-60)46-20-14-19-45(35-46)41-25-29-44(30-26-41)58-62-56(42-17-8-4-9-18-42)61-57(63-58)43-27-23-40(24-28-43)39-15-6-3-7-16-39/h3-4,6-11,14-32,35-38,50,53H,5,12-13,33-34H2,1-2H3. The van der Waals surface area contributed by atoms with Crippen LogP contribution in [0.2, 0.25) is 0 Å². The van der Waals surface area contributed by atoms with E-state index in [1.807, 2.05) is 24.3 Å². The highest BCUT2D eigenvalue weighted by atomic mass is 15.0. The van der Waals surface area contributed by atoms with Crippen molar-refractivity contribution in [3.8, 4) is 67.5 Å². The first-order chi connectivity index (χ1) is 30.9. The number of hydrogen-bond donors (Lipinski definition) is 0. The zero-order valence-electron chi connectivity index (χ0n) is 35.9. The maximum atomic E-state index is 5.05. The second-order valence-corrected chi connectivity index (χ2v) is 18.7. The van der Waals surface area contributed by atoms with Crippen LogP contribution in [-0.4, -0.2) is 15.0 Å². The molecule has 1 spiro atoms. The van der Waals surface area contributed by atoms with Crippen LogP contribution in [0.5, 0.6) is 0 Å². The molecule has 0 radical (unpaired) electrons. The highest BCUT2D eigenvalue weighted by molar-refractivity contribution is 5.93. The lowest BCUT2D eigenvalue weighted by molar-refractivity contribution is 0.345. The number of nitrogens with zero attached hydrogens (tertiary/aromatic N) is 3. The number of fused-ring (bicyclic) bond motifs is 8. The van der Waals surface area contributed by atoms with Gasteiger partial charge in [-0.25, -0.2) is 15.0 Å². The Bertz CT molecular complexity index is 3100. The Morgan fingerprint density at radius 3 is 1.54 bits per heavy atom. The van der Waals surface area contributed by atoms with Gasteiger partial charge in [-0.3, -0.25) is 0 Å². The minimum absolute atomic E-state index is 0.0937. The van der Waals surface area contributed by atoms with Gasteiger partial charge in [0.2, 0.25) is 0 Å². The van der Waals surface area contributed by atoms with Gasteiger partial charge in [0.1, 0.15) is 0 Å². The summed E-state index contributed by atoms with van der Waals surface area (Å²) in [5.41, 5.74) is 19.5. The van der Waals surface area contributed by atoms with Crippen LogP contribution in [0.25, 0.3) is 73.1 Å². The van der Waals surface area contributed by atoms with Crippen LogP contribution in [0.4, 0.5) is 0 Å². The number of allylic oxidation sites excluding steroid dienone is 4. The smallest absolute Gasteiger partial charge is 0.164 e. The topological polar surface area (TPSA) is 38.7 Å². The van der Waals surface area contributed by atoms with Crippen molar-refractivity contribution in [3.05, 3.63) is 216 Å². The number of rotatable bonds is 6. The Balaban J connectivity index is 0.872. The summed E-state index contributed by atoms with van der Waals surface area (Å²) in [5.74, 6) is 2.89. The molecule has 12 rings (SSSR count). The Kier molecular flexibility index (Phi) is 8.90. The Labute approximate surface area is 371 Å². The molecule has 304 valence electrons. The van der Waals surface area contributed by atoms with E-state index in [4.69, 9.17) is 15.0 Å². The molecule has 0 N–H and O–H groups in total. The van der Waals surface area contributed by atoms with Gasteiger partial charge >= 0.3 is 0 Å². The molecule has 2 unspecified atom stereocenters. The second kappa shape index (κ2) is 14.8.